The summed E-state index contributed by atoms with van der Waals surface area (Å²) in [5.41, 5.74) is 0. The molecule has 0 saturated carbocycles. The van der Waals surface area contributed by atoms with Gasteiger partial charge in [-0.15, -0.1) is 0 Å². The summed E-state index contributed by atoms with van der Waals surface area (Å²) >= 11 is -3.69. The molecular formula is H2LiO3VZn. The average molecular weight is 173 g/mol. The van der Waals surface area contributed by atoms with Gasteiger partial charge in [0, 0.05) is 19.5 Å². The molecule has 0 fully saturated rings. The fraction of sp³-hybridized carbons (Fsp3) is 0. The molecule has 0 aliphatic carbocycles. The fourth-order valence-electron chi connectivity index (χ4n) is 0. The molecule has 3 nitrogen and oxygen atoms in total. The van der Waals surface area contributed by atoms with Gasteiger partial charge in [-0.1, -0.05) is 0 Å². The first-order valence-electron chi connectivity index (χ1n) is 0.565. The van der Waals surface area contributed by atoms with Crippen molar-refractivity contribution >= 4 is 0 Å². The van der Waals surface area contributed by atoms with Gasteiger partial charge in [0.05, 0.1) is 0 Å². The molecule has 6 heteroatoms. The predicted octanol–water partition coefficient (Wildman–Crippen LogP) is -3.68. The van der Waals surface area contributed by atoms with Crippen LogP contribution in [0.5, 0.6) is 0 Å². The van der Waals surface area contributed by atoms with E-state index in [9.17, 15) is 0 Å². The van der Waals surface area contributed by atoms with E-state index in [0.717, 1.165) is 0 Å². The maximum Gasteiger partial charge on any atom is 0 e. The minimum atomic E-state index is -3.69. The normalized spacial score (nSPS) is 4.17. The molecule has 0 saturated heterocycles. The first-order valence-corrected chi connectivity index (χ1v) is 2.33. The van der Waals surface area contributed by atoms with Gasteiger partial charge in [-0.25, -0.2) is 0 Å². The molecule has 0 aliphatic rings. The Kier molecular flexibility index (Phi) is 25.1. The zero-order chi connectivity index (χ0) is 3.58. The minimum absolute atomic E-state index is 0. The summed E-state index contributed by atoms with van der Waals surface area (Å²) in [7, 11) is 0. The maximum atomic E-state index is 8.67. The van der Waals surface area contributed by atoms with Crippen LogP contribution in [0.4, 0.5) is 0 Å². The molecule has 0 radical (unpaired) electrons. The first-order chi connectivity index (χ1) is 1.73. The SMILES string of the molecule is [H-].[Li+].[O]=[V](=[O])[OH].[Zn]. The van der Waals surface area contributed by atoms with Gasteiger partial charge in [-0.2, -0.15) is 0 Å². The van der Waals surface area contributed by atoms with Crippen LogP contribution in [-0.4, -0.2) is 4.03 Å². The van der Waals surface area contributed by atoms with Crippen molar-refractivity contribution in [3.63, 3.8) is 0 Å². The summed E-state index contributed by atoms with van der Waals surface area (Å²) in [6, 6.07) is 0. The Bertz CT molecular complexity index is 63.3. The van der Waals surface area contributed by atoms with Gasteiger partial charge in [0.2, 0.25) is 0 Å². The smallest absolute Gasteiger partial charge is 0 e. The van der Waals surface area contributed by atoms with Crippen LogP contribution in [0.15, 0.2) is 0 Å². The van der Waals surface area contributed by atoms with Crippen LogP contribution in [0.1, 0.15) is 1.43 Å². The molecule has 0 bridgehead atoms. The van der Waals surface area contributed by atoms with Gasteiger partial charge < -0.3 is 1.43 Å². The van der Waals surface area contributed by atoms with Gasteiger partial charge in [0.25, 0.3) is 0 Å². The van der Waals surface area contributed by atoms with E-state index in [1.807, 2.05) is 0 Å². The third-order valence-electron chi connectivity index (χ3n) is 0. The van der Waals surface area contributed by atoms with Crippen molar-refractivity contribution in [2.75, 3.05) is 0 Å². The monoisotopic (exact) mass is 172 g/mol. The standard InChI is InChI=1S/Li.H2O.2O.V.Zn.H/h;1H2;;;;;/q+1;;;;+1;;-1/p-1. The van der Waals surface area contributed by atoms with Gasteiger partial charge >= 0.3 is 45.6 Å². The number of hydrogen-bond acceptors (Lipinski definition) is 2. The Morgan fingerprint density at radius 3 is 1.50 bits per heavy atom. The van der Waals surface area contributed by atoms with E-state index in [2.05, 4.69) is 0 Å². The van der Waals surface area contributed by atoms with Crippen LogP contribution in [0.25, 0.3) is 0 Å². The van der Waals surface area contributed by atoms with Crippen molar-refractivity contribution < 1.29 is 66.5 Å². The quantitative estimate of drug-likeness (QED) is 0.384. The van der Waals surface area contributed by atoms with E-state index in [1.54, 1.807) is 0 Å². The first kappa shape index (κ1) is 15.7. The van der Waals surface area contributed by atoms with E-state index >= 15 is 0 Å². The Balaban J connectivity index is -0.0000000150. The Morgan fingerprint density at radius 2 is 1.50 bits per heavy atom. The molecule has 1 N–H and O–H groups in total. The summed E-state index contributed by atoms with van der Waals surface area (Å²) in [5.74, 6) is 0. The molecule has 0 heterocycles. The van der Waals surface area contributed by atoms with Crippen molar-refractivity contribution in [3.05, 3.63) is 0 Å². The van der Waals surface area contributed by atoms with Crippen LogP contribution in [-0.2, 0) is 42.2 Å². The maximum absolute atomic E-state index is 8.67. The topological polar surface area (TPSA) is 54.4 Å². The molecule has 0 aliphatic heterocycles. The zero-order valence-corrected chi connectivity index (χ0v) is 7.78. The second-order valence-electron chi connectivity index (χ2n) is 0.238. The van der Waals surface area contributed by atoms with Gasteiger partial charge in [-0.3, -0.25) is 0 Å². The van der Waals surface area contributed by atoms with Crippen LogP contribution in [0.2, 0.25) is 0 Å². The summed E-state index contributed by atoms with van der Waals surface area (Å²) in [6.45, 7) is 0. The van der Waals surface area contributed by atoms with Gasteiger partial charge in [0.15, 0.2) is 0 Å². The summed E-state index contributed by atoms with van der Waals surface area (Å²) < 4.78 is 24.4. The molecular weight excluding hydrogens is 171 g/mol. The molecule has 6 heavy (non-hydrogen) atoms. The Morgan fingerprint density at radius 1 is 1.50 bits per heavy atom. The molecule has 0 spiro atoms. The molecule has 0 aromatic rings. The summed E-state index contributed by atoms with van der Waals surface area (Å²) in [4.78, 5) is 0. The molecule has 0 atom stereocenters. The predicted molar refractivity (Wildman–Crippen MR) is 4.70 cm³/mol. The Hall–Kier alpha value is 1.37. The zero-order valence-electron chi connectivity index (χ0n) is 4.42. The largest absolute Gasteiger partial charge is 0 e. The van der Waals surface area contributed by atoms with E-state index in [1.165, 1.54) is 0 Å². The molecule has 0 unspecified atom stereocenters. The van der Waals surface area contributed by atoms with E-state index in [0.29, 0.717) is 0 Å². The van der Waals surface area contributed by atoms with Crippen LogP contribution < -0.4 is 18.9 Å². The van der Waals surface area contributed by atoms with Crippen molar-refractivity contribution in [1.82, 2.24) is 0 Å². The van der Waals surface area contributed by atoms with Gasteiger partial charge in [0.1, 0.15) is 0 Å². The number of hydrogen-bond donors (Lipinski definition) is 1. The van der Waals surface area contributed by atoms with Gasteiger partial charge in [-0.05, 0) is 0 Å². The third kappa shape index (κ3) is 54.9. The van der Waals surface area contributed by atoms with E-state index < -0.39 is 15.4 Å². The summed E-state index contributed by atoms with van der Waals surface area (Å²) in [5, 5.41) is 0. The second kappa shape index (κ2) is 9.62. The molecule has 28 valence electrons. The van der Waals surface area contributed by atoms with Crippen LogP contribution in [0, 0.1) is 0 Å². The van der Waals surface area contributed by atoms with Crippen molar-refractivity contribution in [1.29, 1.82) is 0 Å². The molecule has 0 aromatic heterocycles. The van der Waals surface area contributed by atoms with E-state index in [-0.39, 0.29) is 39.8 Å². The van der Waals surface area contributed by atoms with Crippen LogP contribution >= 0.6 is 0 Å². The third-order valence-corrected chi connectivity index (χ3v) is 0. The molecule has 0 amide bonds. The Labute approximate surface area is 66.3 Å². The molecule has 0 rings (SSSR count). The second-order valence-corrected chi connectivity index (χ2v) is 0.981. The summed E-state index contributed by atoms with van der Waals surface area (Å²) in [6.07, 6.45) is 0. The van der Waals surface area contributed by atoms with Crippen molar-refractivity contribution in [2.24, 2.45) is 0 Å². The van der Waals surface area contributed by atoms with E-state index in [4.69, 9.17) is 11.4 Å². The number of rotatable bonds is 0. The fourth-order valence-corrected chi connectivity index (χ4v) is 0. The van der Waals surface area contributed by atoms with Crippen molar-refractivity contribution in [3.8, 4) is 0 Å². The van der Waals surface area contributed by atoms with Crippen LogP contribution in [0.3, 0.4) is 0 Å². The average Bonchev–Trinajstić information content (AvgIpc) is 0.811. The minimum Gasteiger partial charge on any atom is 0 e. The molecule has 0 aromatic carbocycles. The van der Waals surface area contributed by atoms with Crippen molar-refractivity contribution in [2.45, 2.75) is 0 Å².